The second-order valence-corrected chi connectivity index (χ2v) is 5.91. The standard InChI is InChI=1S/C22H20N2O/c1-17(14-18-8-3-2-4-9-18)16-23-24-22(25)15-20-12-7-11-19-10-5-6-13-21(19)20/h2-14,16H,15H2,1H3,(H,24,25). The molecule has 0 saturated carbocycles. The molecule has 3 rings (SSSR count). The Labute approximate surface area is 147 Å². The van der Waals surface area contributed by atoms with Crippen molar-refractivity contribution in [1.29, 1.82) is 0 Å². The molecule has 1 N–H and O–H groups in total. The van der Waals surface area contributed by atoms with Crippen molar-refractivity contribution in [3.8, 4) is 0 Å². The number of hydrogen-bond donors (Lipinski definition) is 1. The number of nitrogens with zero attached hydrogens (tertiary/aromatic N) is 1. The van der Waals surface area contributed by atoms with Gasteiger partial charge in [0.2, 0.25) is 5.91 Å². The van der Waals surface area contributed by atoms with Crippen molar-refractivity contribution in [2.75, 3.05) is 0 Å². The summed E-state index contributed by atoms with van der Waals surface area (Å²) in [6.45, 7) is 1.95. The second-order valence-electron chi connectivity index (χ2n) is 5.91. The van der Waals surface area contributed by atoms with Gasteiger partial charge in [0.15, 0.2) is 0 Å². The first-order valence-electron chi connectivity index (χ1n) is 8.24. The van der Waals surface area contributed by atoms with E-state index in [0.29, 0.717) is 6.42 Å². The van der Waals surface area contributed by atoms with Crippen LogP contribution < -0.4 is 5.43 Å². The minimum atomic E-state index is -0.125. The van der Waals surface area contributed by atoms with Gasteiger partial charge in [-0.2, -0.15) is 5.10 Å². The van der Waals surface area contributed by atoms with E-state index in [4.69, 9.17) is 0 Å². The number of fused-ring (bicyclic) bond motifs is 1. The lowest BCUT2D eigenvalue weighted by molar-refractivity contribution is -0.120. The predicted octanol–water partition coefficient (Wildman–Crippen LogP) is 4.59. The highest BCUT2D eigenvalue weighted by Crippen LogP contribution is 2.18. The molecule has 3 aromatic carbocycles. The van der Waals surface area contributed by atoms with Gasteiger partial charge in [-0.3, -0.25) is 4.79 Å². The number of hydrazone groups is 1. The lowest BCUT2D eigenvalue weighted by Gasteiger charge is -2.05. The highest BCUT2D eigenvalue weighted by Gasteiger charge is 2.05. The monoisotopic (exact) mass is 328 g/mol. The van der Waals surface area contributed by atoms with Gasteiger partial charge in [-0.15, -0.1) is 0 Å². The summed E-state index contributed by atoms with van der Waals surface area (Å²) in [5.41, 5.74) is 5.68. The zero-order valence-corrected chi connectivity index (χ0v) is 14.1. The molecule has 0 unspecified atom stereocenters. The van der Waals surface area contributed by atoms with Crippen LogP contribution in [0.2, 0.25) is 0 Å². The lowest BCUT2D eigenvalue weighted by atomic mass is 10.0. The fourth-order valence-corrected chi connectivity index (χ4v) is 2.71. The number of carbonyl (C=O) groups is 1. The Bertz CT molecular complexity index is 922. The molecule has 0 atom stereocenters. The molecule has 0 saturated heterocycles. The summed E-state index contributed by atoms with van der Waals surface area (Å²) in [4.78, 5) is 12.2. The molecule has 3 nitrogen and oxygen atoms in total. The summed E-state index contributed by atoms with van der Waals surface area (Å²) in [5, 5.41) is 6.29. The number of allylic oxidation sites excluding steroid dienone is 1. The number of benzene rings is 3. The van der Waals surface area contributed by atoms with Gasteiger partial charge in [-0.25, -0.2) is 5.43 Å². The van der Waals surface area contributed by atoms with Gasteiger partial charge in [0, 0.05) is 0 Å². The Hall–Kier alpha value is -3.20. The van der Waals surface area contributed by atoms with E-state index < -0.39 is 0 Å². The highest BCUT2D eigenvalue weighted by atomic mass is 16.2. The SMILES string of the molecule is CC(C=NNC(=O)Cc1cccc2ccccc12)=Cc1ccccc1. The first kappa shape index (κ1) is 16.7. The van der Waals surface area contributed by atoms with Crippen molar-refractivity contribution in [2.24, 2.45) is 5.10 Å². The van der Waals surface area contributed by atoms with Crippen LogP contribution in [0.4, 0.5) is 0 Å². The van der Waals surface area contributed by atoms with E-state index in [1.54, 1.807) is 6.21 Å². The number of rotatable bonds is 5. The van der Waals surface area contributed by atoms with Crippen LogP contribution in [0, 0.1) is 0 Å². The zero-order valence-electron chi connectivity index (χ0n) is 14.1. The summed E-state index contributed by atoms with van der Waals surface area (Å²) >= 11 is 0. The van der Waals surface area contributed by atoms with Gasteiger partial charge in [-0.05, 0) is 34.4 Å². The van der Waals surface area contributed by atoms with Gasteiger partial charge >= 0.3 is 0 Å². The lowest BCUT2D eigenvalue weighted by Crippen LogP contribution is -2.19. The average molecular weight is 328 g/mol. The molecule has 0 aliphatic rings. The normalized spacial score (nSPS) is 11.8. The van der Waals surface area contributed by atoms with Crippen molar-refractivity contribution >= 4 is 29.0 Å². The highest BCUT2D eigenvalue weighted by molar-refractivity contribution is 5.91. The first-order valence-corrected chi connectivity index (χ1v) is 8.24. The maximum atomic E-state index is 12.2. The van der Waals surface area contributed by atoms with E-state index in [9.17, 15) is 4.79 Å². The van der Waals surface area contributed by atoms with Crippen LogP contribution in [0.15, 0.2) is 83.5 Å². The third-order valence-corrected chi connectivity index (χ3v) is 3.88. The molecular formula is C22H20N2O. The van der Waals surface area contributed by atoms with Crippen molar-refractivity contribution in [2.45, 2.75) is 13.3 Å². The van der Waals surface area contributed by atoms with E-state index in [0.717, 1.165) is 27.5 Å². The number of carbonyl (C=O) groups excluding carboxylic acids is 1. The molecule has 124 valence electrons. The predicted molar refractivity (Wildman–Crippen MR) is 104 cm³/mol. The molecule has 0 fully saturated rings. The molecule has 1 amide bonds. The Morgan fingerprint density at radius 3 is 2.52 bits per heavy atom. The van der Waals surface area contributed by atoms with Gasteiger partial charge in [0.05, 0.1) is 12.6 Å². The zero-order chi connectivity index (χ0) is 17.5. The summed E-state index contributed by atoms with van der Waals surface area (Å²) in [5.74, 6) is -0.125. The molecule has 0 aliphatic carbocycles. The van der Waals surface area contributed by atoms with Gasteiger partial charge < -0.3 is 0 Å². The molecule has 0 radical (unpaired) electrons. The number of nitrogens with one attached hydrogen (secondary N) is 1. The molecule has 25 heavy (non-hydrogen) atoms. The van der Waals surface area contributed by atoms with Crippen LogP contribution in [0.3, 0.4) is 0 Å². The molecule has 0 spiro atoms. The summed E-state index contributed by atoms with van der Waals surface area (Å²) < 4.78 is 0. The van der Waals surface area contributed by atoms with Crippen molar-refractivity contribution in [1.82, 2.24) is 5.43 Å². The summed E-state index contributed by atoms with van der Waals surface area (Å²) in [6.07, 6.45) is 3.98. The van der Waals surface area contributed by atoms with E-state index in [-0.39, 0.29) is 5.91 Å². The Kier molecular flexibility index (Phi) is 5.37. The molecule has 3 heteroatoms. The molecule has 3 aromatic rings. The minimum Gasteiger partial charge on any atom is -0.273 e. The average Bonchev–Trinajstić information content (AvgIpc) is 2.63. The number of hydrogen-bond acceptors (Lipinski definition) is 2. The maximum Gasteiger partial charge on any atom is 0.244 e. The fraction of sp³-hybridized carbons (Fsp3) is 0.0909. The van der Waals surface area contributed by atoms with E-state index >= 15 is 0 Å². The maximum absolute atomic E-state index is 12.2. The van der Waals surface area contributed by atoms with Crippen LogP contribution in [0.25, 0.3) is 16.8 Å². The van der Waals surface area contributed by atoms with Gasteiger partial charge in [0.25, 0.3) is 0 Å². The molecule has 0 aliphatic heterocycles. The summed E-state index contributed by atoms with van der Waals surface area (Å²) in [6, 6.07) is 24.1. The van der Waals surface area contributed by atoms with Crippen molar-refractivity contribution < 1.29 is 4.79 Å². The third kappa shape index (κ3) is 4.64. The largest absolute Gasteiger partial charge is 0.273 e. The van der Waals surface area contributed by atoms with Crippen LogP contribution in [-0.2, 0) is 11.2 Å². The van der Waals surface area contributed by atoms with Crippen molar-refractivity contribution in [3.05, 3.63) is 89.5 Å². The van der Waals surface area contributed by atoms with Gasteiger partial charge in [-0.1, -0.05) is 78.9 Å². The number of amides is 1. The Morgan fingerprint density at radius 2 is 1.68 bits per heavy atom. The minimum absolute atomic E-state index is 0.125. The van der Waals surface area contributed by atoms with Crippen LogP contribution in [-0.4, -0.2) is 12.1 Å². The quantitative estimate of drug-likeness (QED) is 0.540. The van der Waals surface area contributed by atoms with Crippen LogP contribution in [0.5, 0.6) is 0 Å². The summed E-state index contributed by atoms with van der Waals surface area (Å²) in [7, 11) is 0. The smallest absolute Gasteiger partial charge is 0.244 e. The fourth-order valence-electron chi connectivity index (χ4n) is 2.71. The van der Waals surface area contributed by atoms with Crippen LogP contribution >= 0.6 is 0 Å². The second kappa shape index (κ2) is 8.06. The molecule has 0 aromatic heterocycles. The molecular weight excluding hydrogens is 308 g/mol. The Balaban J connectivity index is 1.62. The first-order chi connectivity index (χ1) is 12.2. The van der Waals surface area contributed by atoms with E-state index in [1.807, 2.05) is 85.8 Å². The molecule has 0 bridgehead atoms. The van der Waals surface area contributed by atoms with Crippen LogP contribution in [0.1, 0.15) is 18.1 Å². The third-order valence-electron chi connectivity index (χ3n) is 3.88. The van der Waals surface area contributed by atoms with E-state index in [1.165, 1.54) is 0 Å². The Morgan fingerprint density at radius 1 is 0.960 bits per heavy atom. The van der Waals surface area contributed by atoms with Crippen molar-refractivity contribution in [3.63, 3.8) is 0 Å². The molecule has 0 heterocycles. The topological polar surface area (TPSA) is 41.5 Å². The van der Waals surface area contributed by atoms with E-state index in [2.05, 4.69) is 10.5 Å². The van der Waals surface area contributed by atoms with Gasteiger partial charge in [0.1, 0.15) is 0 Å².